The lowest BCUT2D eigenvalue weighted by Gasteiger charge is -2.30. The van der Waals surface area contributed by atoms with E-state index in [0.29, 0.717) is 24.9 Å². The quantitative estimate of drug-likeness (QED) is 0.451. The maximum Gasteiger partial charge on any atom is 0.145 e. The van der Waals surface area contributed by atoms with Crippen molar-refractivity contribution in [1.29, 1.82) is 0 Å². The van der Waals surface area contributed by atoms with Crippen molar-refractivity contribution in [3.05, 3.63) is 11.5 Å². The van der Waals surface area contributed by atoms with Crippen molar-refractivity contribution in [3.8, 4) is 0 Å². The molecule has 2 rings (SSSR count). The smallest absolute Gasteiger partial charge is 0.145 e. The first kappa shape index (κ1) is 13.0. The van der Waals surface area contributed by atoms with Crippen molar-refractivity contribution in [3.63, 3.8) is 0 Å². The molecule has 1 aliphatic heterocycles. The van der Waals surface area contributed by atoms with Gasteiger partial charge in [0.05, 0.1) is 13.2 Å². The molecule has 0 unspecified atom stereocenters. The summed E-state index contributed by atoms with van der Waals surface area (Å²) in [7, 11) is 1.82. The van der Waals surface area contributed by atoms with Crippen molar-refractivity contribution in [2.75, 3.05) is 39.9 Å². The van der Waals surface area contributed by atoms with E-state index in [-0.39, 0.29) is 0 Å². The second kappa shape index (κ2) is 5.95. The van der Waals surface area contributed by atoms with Gasteiger partial charge in [0.15, 0.2) is 0 Å². The molecule has 0 radical (unpaired) electrons. The van der Waals surface area contributed by atoms with Crippen LogP contribution in [-0.4, -0.2) is 50.6 Å². The molecular weight excluding hydrogens is 230 g/mol. The number of hydrogen-bond acceptors (Lipinski definition) is 5. The van der Waals surface area contributed by atoms with E-state index in [0.717, 1.165) is 31.2 Å². The molecule has 2 fully saturated rings. The molecular formula is C12H23N5O. The fourth-order valence-corrected chi connectivity index (χ4v) is 1.96. The average Bonchev–Trinajstić information content (AvgIpc) is 3.22. The summed E-state index contributed by atoms with van der Waals surface area (Å²) < 4.78 is 5.31. The SMILES string of the molecule is CNC(C(N)=NCC1CC1)=C(N)N1CCOCC1. The Morgan fingerprint density at radius 3 is 2.56 bits per heavy atom. The van der Waals surface area contributed by atoms with Gasteiger partial charge in [0.25, 0.3) is 0 Å². The molecule has 0 aromatic heterocycles. The number of rotatable bonds is 5. The number of amidine groups is 1. The zero-order valence-corrected chi connectivity index (χ0v) is 11.0. The molecule has 0 aromatic carbocycles. The van der Waals surface area contributed by atoms with Gasteiger partial charge in [-0.2, -0.15) is 0 Å². The van der Waals surface area contributed by atoms with Gasteiger partial charge in [0.2, 0.25) is 0 Å². The van der Waals surface area contributed by atoms with Gasteiger partial charge in [-0.15, -0.1) is 0 Å². The number of morpholine rings is 1. The molecule has 0 bridgehead atoms. The molecule has 0 amide bonds. The molecule has 18 heavy (non-hydrogen) atoms. The Bertz CT molecular complexity index is 342. The second-order valence-electron chi connectivity index (χ2n) is 4.78. The molecule has 6 nitrogen and oxygen atoms in total. The fraction of sp³-hybridized carbons (Fsp3) is 0.750. The van der Waals surface area contributed by atoms with Gasteiger partial charge in [0.1, 0.15) is 17.4 Å². The number of ether oxygens (including phenoxy) is 1. The second-order valence-corrected chi connectivity index (χ2v) is 4.78. The van der Waals surface area contributed by atoms with Crippen molar-refractivity contribution in [2.24, 2.45) is 22.4 Å². The molecule has 6 heteroatoms. The Hall–Kier alpha value is -1.43. The van der Waals surface area contributed by atoms with Crippen LogP contribution < -0.4 is 16.8 Å². The lowest BCUT2D eigenvalue weighted by Crippen LogP contribution is -2.42. The van der Waals surface area contributed by atoms with E-state index in [4.69, 9.17) is 16.2 Å². The molecule has 1 saturated heterocycles. The van der Waals surface area contributed by atoms with E-state index in [9.17, 15) is 0 Å². The standard InChI is InChI=1S/C12H23N5O/c1-15-10(11(13)16-8-9-2-3-9)12(14)17-4-6-18-7-5-17/h9,15H,2-8,14H2,1H3,(H2,13,16). The van der Waals surface area contributed by atoms with Crippen LogP contribution in [0.2, 0.25) is 0 Å². The summed E-state index contributed by atoms with van der Waals surface area (Å²) in [6.07, 6.45) is 2.54. The fourth-order valence-electron chi connectivity index (χ4n) is 1.96. The molecule has 1 aliphatic carbocycles. The predicted octanol–water partition coefficient (Wildman–Crippen LogP) is -0.567. The number of hydrogen-bond donors (Lipinski definition) is 3. The van der Waals surface area contributed by atoms with Crippen LogP contribution in [0.25, 0.3) is 0 Å². The maximum atomic E-state index is 6.15. The zero-order chi connectivity index (χ0) is 13.0. The van der Waals surface area contributed by atoms with Crippen LogP contribution in [0.15, 0.2) is 16.5 Å². The summed E-state index contributed by atoms with van der Waals surface area (Å²) in [4.78, 5) is 6.49. The highest BCUT2D eigenvalue weighted by molar-refractivity contribution is 5.96. The van der Waals surface area contributed by atoms with Crippen molar-refractivity contribution in [2.45, 2.75) is 12.8 Å². The predicted molar refractivity (Wildman–Crippen MR) is 71.9 cm³/mol. The summed E-state index contributed by atoms with van der Waals surface area (Å²) in [6.45, 7) is 3.82. The number of nitrogens with two attached hydrogens (primary N) is 2. The number of nitrogens with zero attached hydrogens (tertiary/aromatic N) is 2. The summed E-state index contributed by atoms with van der Waals surface area (Å²) in [5.41, 5.74) is 12.9. The normalized spacial score (nSPS) is 22.7. The van der Waals surface area contributed by atoms with Crippen molar-refractivity contribution in [1.82, 2.24) is 10.2 Å². The minimum absolute atomic E-state index is 0.508. The first-order chi connectivity index (χ1) is 8.72. The number of likely N-dealkylation sites (N-methyl/N-ethyl adjacent to an activating group) is 1. The van der Waals surface area contributed by atoms with E-state index in [2.05, 4.69) is 15.2 Å². The van der Waals surface area contributed by atoms with Crippen LogP contribution >= 0.6 is 0 Å². The van der Waals surface area contributed by atoms with Gasteiger partial charge < -0.3 is 26.4 Å². The largest absolute Gasteiger partial charge is 0.384 e. The highest BCUT2D eigenvalue weighted by Gasteiger charge is 2.21. The highest BCUT2D eigenvalue weighted by Crippen LogP contribution is 2.28. The van der Waals surface area contributed by atoms with Gasteiger partial charge in [-0.25, -0.2) is 0 Å². The van der Waals surface area contributed by atoms with E-state index >= 15 is 0 Å². The highest BCUT2D eigenvalue weighted by atomic mass is 16.5. The molecule has 0 aromatic rings. The molecule has 2 aliphatic rings. The molecule has 5 N–H and O–H groups in total. The Morgan fingerprint density at radius 2 is 2.00 bits per heavy atom. The third kappa shape index (κ3) is 3.29. The monoisotopic (exact) mass is 253 g/mol. The third-order valence-electron chi connectivity index (χ3n) is 3.33. The molecule has 102 valence electrons. The van der Waals surface area contributed by atoms with Crippen molar-refractivity contribution >= 4 is 5.84 Å². The Kier molecular flexibility index (Phi) is 4.30. The van der Waals surface area contributed by atoms with Gasteiger partial charge in [-0.05, 0) is 18.8 Å². The van der Waals surface area contributed by atoms with Crippen LogP contribution in [-0.2, 0) is 4.74 Å². The third-order valence-corrected chi connectivity index (χ3v) is 3.33. The number of nitrogens with one attached hydrogen (secondary N) is 1. The van der Waals surface area contributed by atoms with E-state index < -0.39 is 0 Å². The lowest BCUT2D eigenvalue weighted by atomic mass is 10.3. The van der Waals surface area contributed by atoms with Crippen LogP contribution in [0, 0.1) is 5.92 Å². The maximum absolute atomic E-state index is 6.15. The van der Waals surface area contributed by atoms with Gasteiger partial charge in [-0.3, -0.25) is 4.99 Å². The lowest BCUT2D eigenvalue weighted by molar-refractivity contribution is 0.0525. The van der Waals surface area contributed by atoms with Gasteiger partial charge >= 0.3 is 0 Å². The summed E-state index contributed by atoms with van der Waals surface area (Å²) in [5.74, 6) is 1.90. The minimum Gasteiger partial charge on any atom is -0.384 e. The van der Waals surface area contributed by atoms with Gasteiger partial charge in [0, 0.05) is 26.7 Å². The Labute approximate surface area is 108 Å². The van der Waals surface area contributed by atoms with E-state index in [1.165, 1.54) is 12.8 Å². The van der Waals surface area contributed by atoms with Crippen LogP contribution in [0.4, 0.5) is 0 Å². The summed E-state index contributed by atoms with van der Waals surface area (Å²) in [5, 5.41) is 3.06. The Morgan fingerprint density at radius 1 is 1.33 bits per heavy atom. The van der Waals surface area contributed by atoms with Crippen LogP contribution in [0.3, 0.4) is 0 Å². The summed E-state index contributed by atoms with van der Waals surface area (Å²) in [6, 6.07) is 0. The zero-order valence-electron chi connectivity index (χ0n) is 11.0. The molecule has 1 saturated carbocycles. The Balaban J connectivity index is 2.05. The molecule has 0 atom stereocenters. The van der Waals surface area contributed by atoms with Crippen molar-refractivity contribution < 1.29 is 4.74 Å². The first-order valence-corrected chi connectivity index (χ1v) is 6.53. The molecule has 0 spiro atoms. The molecule has 1 heterocycles. The summed E-state index contributed by atoms with van der Waals surface area (Å²) >= 11 is 0. The van der Waals surface area contributed by atoms with E-state index in [1.807, 2.05) is 7.05 Å². The van der Waals surface area contributed by atoms with Gasteiger partial charge in [-0.1, -0.05) is 0 Å². The average molecular weight is 253 g/mol. The van der Waals surface area contributed by atoms with Crippen LogP contribution in [0.5, 0.6) is 0 Å². The first-order valence-electron chi connectivity index (χ1n) is 6.53. The van der Waals surface area contributed by atoms with E-state index in [1.54, 1.807) is 0 Å². The van der Waals surface area contributed by atoms with Crippen LogP contribution in [0.1, 0.15) is 12.8 Å². The minimum atomic E-state index is 0.508. The number of aliphatic imine (C=N–C) groups is 1. The topological polar surface area (TPSA) is 88.9 Å².